The van der Waals surface area contributed by atoms with Crippen LogP contribution in [-0.4, -0.2) is 10.6 Å². The second-order valence-corrected chi connectivity index (χ2v) is 7.92. The standard InChI is InChI=1S/C27H23N3O3/c31-26-15-23-22(17-29(26)16-20-9-3-1-4-10-20)18-30(27(32)28-23)24-13-7-8-14-25(24)33-19-21-11-5-2-6-12-21/h1-15,17H,16,18-19H2,(H,28,32). The Morgan fingerprint density at radius 1 is 0.818 bits per heavy atom. The normalized spacial score (nSPS) is 12.7. The Hall–Kier alpha value is -4.32. The van der Waals surface area contributed by atoms with Crippen LogP contribution < -0.4 is 20.5 Å². The maximum absolute atomic E-state index is 12.9. The van der Waals surface area contributed by atoms with E-state index in [1.54, 1.807) is 9.47 Å². The monoisotopic (exact) mass is 437 g/mol. The number of carbonyl (C=O) groups is 1. The third kappa shape index (κ3) is 4.50. The summed E-state index contributed by atoms with van der Waals surface area (Å²) in [5.74, 6) is 0.623. The number of carbonyl (C=O) groups excluding carboxylic acids is 1. The van der Waals surface area contributed by atoms with Gasteiger partial charge in [-0.05, 0) is 23.3 Å². The zero-order chi connectivity index (χ0) is 22.6. The van der Waals surface area contributed by atoms with Gasteiger partial charge in [-0.2, -0.15) is 0 Å². The lowest BCUT2D eigenvalue weighted by atomic mass is 10.1. The molecule has 4 aromatic rings. The molecular weight excluding hydrogens is 414 g/mol. The van der Waals surface area contributed by atoms with Gasteiger partial charge in [0, 0.05) is 17.8 Å². The number of hydrogen-bond donors (Lipinski definition) is 1. The van der Waals surface area contributed by atoms with Gasteiger partial charge in [-0.25, -0.2) is 4.79 Å². The minimum atomic E-state index is -0.293. The molecule has 0 atom stereocenters. The molecule has 1 aliphatic heterocycles. The first kappa shape index (κ1) is 20.6. The number of hydrogen-bond acceptors (Lipinski definition) is 3. The van der Waals surface area contributed by atoms with Crippen molar-refractivity contribution in [1.29, 1.82) is 0 Å². The van der Waals surface area contributed by atoms with Gasteiger partial charge in [-0.3, -0.25) is 9.69 Å². The number of nitrogens with one attached hydrogen (secondary N) is 1. The fourth-order valence-corrected chi connectivity index (χ4v) is 3.92. The number of para-hydroxylation sites is 2. The number of nitrogens with zero attached hydrogens (tertiary/aromatic N) is 2. The van der Waals surface area contributed by atoms with Crippen molar-refractivity contribution in [2.45, 2.75) is 19.7 Å². The quantitative estimate of drug-likeness (QED) is 0.460. The highest BCUT2D eigenvalue weighted by Crippen LogP contribution is 2.33. The summed E-state index contributed by atoms with van der Waals surface area (Å²) in [5, 5.41) is 2.86. The first-order valence-electron chi connectivity index (χ1n) is 10.8. The molecule has 2 amide bonds. The molecule has 6 heteroatoms. The van der Waals surface area contributed by atoms with Gasteiger partial charge in [0.05, 0.1) is 24.5 Å². The lowest BCUT2D eigenvalue weighted by Gasteiger charge is -2.30. The van der Waals surface area contributed by atoms with Crippen LogP contribution in [0.5, 0.6) is 5.75 Å². The van der Waals surface area contributed by atoms with E-state index in [1.807, 2.05) is 91.1 Å². The number of anilines is 2. The molecule has 1 aliphatic rings. The van der Waals surface area contributed by atoms with Gasteiger partial charge in [0.25, 0.3) is 5.56 Å². The van der Waals surface area contributed by atoms with Crippen molar-refractivity contribution in [3.05, 3.63) is 124 Å². The van der Waals surface area contributed by atoms with Crippen LogP contribution in [0.25, 0.3) is 0 Å². The second-order valence-electron chi connectivity index (χ2n) is 7.92. The van der Waals surface area contributed by atoms with Gasteiger partial charge in [0.2, 0.25) is 0 Å². The first-order valence-corrected chi connectivity index (χ1v) is 10.8. The van der Waals surface area contributed by atoms with Gasteiger partial charge in [-0.15, -0.1) is 0 Å². The molecule has 0 spiro atoms. The fraction of sp³-hybridized carbons (Fsp3) is 0.111. The van der Waals surface area contributed by atoms with Gasteiger partial charge in [0.15, 0.2) is 0 Å². The van der Waals surface area contributed by atoms with E-state index in [2.05, 4.69) is 5.32 Å². The molecule has 5 rings (SSSR count). The summed E-state index contributed by atoms with van der Waals surface area (Å²) >= 11 is 0. The molecule has 1 N–H and O–H groups in total. The molecule has 0 aliphatic carbocycles. The Kier molecular flexibility index (Phi) is 5.64. The number of ether oxygens (including phenoxy) is 1. The van der Waals surface area contributed by atoms with Gasteiger partial charge in [0.1, 0.15) is 12.4 Å². The van der Waals surface area contributed by atoms with E-state index in [0.29, 0.717) is 36.8 Å². The van der Waals surface area contributed by atoms with Crippen LogP contribution >= 0.6 is 0 Å². The molecule has 6 nitrogen and oxygen atoms in total. The fourth-order valence-electron chi connectivity index (χ4n) is 3.92. The largest absolute Gasteiger partial charge is 0.487 e. The highest BCUT2D eigenvalue weighted by atomic mass is 16.5. The van der Waals surface area contributed by atoms with Crippen molar-refractivity contribution in [2.75, 3.05) is 10.2 Å². The highest BCUT2D eigenvalue weighted by molar-refractivity contribution is 6.05. The van der Waals surface area contributed by atoms with E-state index in [4.69, 9.17) is 4.74 Å². The number of pyridine rings is 1. The van der Waals surface area contributed by atoms with Gasteiger partial charge < -0.3 is 14.6 Å². The zero-order valence-corrected chi connectivity index (χ0v) is 18.0. The molecule has 3 aromatic carbocycles. The van der Waals surface area contributed by atoms with Crippen molar-refractivity contribution in [3.63, 3.8) is 0 Å². The lowest BCUT2D eigenvalue weighted by molar-refractivity contribution is 0.255. The van der Waals surface area contributed by atoms with Crippen LogP contribution in [0, 0.1) is 0 Å². The third-order valence-corrected chi connectivity index (χ3v) is 5.61. The number of amides is 2. The number of urea groups is 1. The Bertz CT molecular complexity index is 1330. The number of aromatic nitrogens is 1. The molecule has 0 fully saturated rings. The predicted octanol–water partition coefficient (Wildman–Crippen LogP) is 5.03. The van der Waals surface area contributed by atoms with Crippen molar-refractivity contribution in [3.8, 4) is 5.75 Å². The summed E-state index contributed by atoms with van der Waals surface area (Å²) in [6.45, 7) is 1.21. The van der Waals surface area contributed by atoms with E-state index >= 15 is 0 Å². The van der Waals surface area contributed by atoms with E-state index in [0.717, 1.165) is 16.7 Å². The van der Waals surface area contributed by atoms with Crippen LogP contribution in [0.1, 0.15) is 16.7 Å². The molecule has 0 unspecified atom stereocenters. The minimum Gasteiger partial charge on any atom is -0.487 e. The Morgan fingerprint density at radius 2 is 1.48 bits per heavy atom. The first-order chi connectivity index (χ1) is 16.2. The highest BCUT2D eigenvalue weighted by Gasteiger charge is 2.27. The minimum absolute atomic E-state index is 0.155. The topological polar surface area (TPSA) is 63.6 Å². The van der Waals surface area contributed by atoms with Crippen LogP contribution in [0.3, 0.4) is 0 Å². The SMILES string of the molecule is O=C1Nc2cc(=O)n(Cc3ccccc3)cc2CN1c1ccccc1OCc1ccccc1. The smallest absolute Gasteiger partial charge is 0.326 e. The Labute approximate surface area is 191 Å². The van der Waals surface area contributed by atoms with E-state index < -0.39 is 0 Å². The molecule has 2 heterocycles. The lowest BCUT2D eigenvalue weighted by Crippen LogP contribution is -2.40. The average molecular weight is 437 g/mol. The molecule has 0 radical (unpaired) electrons. The predicted molar refractivity (Wildman–Crippen MR) is 129 cm³/mol. The van der Waals surface area contributed by atoms with Crippen molar-refractivity contribution < 1.29 is 9.53 Å². The maximum Gasteiger partial charge on any atom is 0.326 e. The summed E-state index contributed by atoms with van der Waals surface area (Å²) in [5.41, 5.74) is 4.02. The molecular formula is C27H23N3O3. The molecule has 0 saturated carbocycles. The molecule has 33 heavy (non-hydrogen) atoms. The summed E-state index contributed by atoms with van der Waals surface area (Å²) in [4.78, 5) is 27.2. The van der Waals surface area contributed by atoms with Crippen LogP contribution in [0.2, 0.25) is 0 Å². The Morgan fingerprint density at radius 3 is 2.24 bits per heavy atom. The zero-order valence-electron chi connectivity index (χ0n) is 18.0. The molecule has 0 saturated heterocycles. The molecule has 1 aromatic heterocycles. The van der Waals surface area contributed by atoms with Crippen molar-refractivity contribution >= 4 is 17.4 Å². The summed E-state index contributed by atoms with van der Waals surface area (Å²) in [7, 11) is 0. The average Bonchev–Trinajstić information content (AvgIpc) is 2.85. The van der Waals surface area contributed by atoms with E-state index in [-0.39, 0.29) is 11.6 Å². The summed E-state index contributed by atoms with van der Waals surface area (Å²) in [6, 6.07) is 28.4. The summed E-state index contributed by atoms with van der Waals surface area (Å²) < 4.78 is 7.73. The van der Waals surface area contributed by atoms with Gasteiger partial charge in [-0.1, -0.05) is 72.8 Å². The number of fused-ring (bicyclic) bond motifs is 1. The summed E-state index contributed by atoms with van der Waals surface area (Å²) in [6.07, 6.45) is 1.82. The second kappa shape index (κ2) is 9.04. The third-order valence-electron chi connectivity index (χ3n) is 5.61. The van der Waals surface area contributed by atoms with E-state index in [9.17, 15) is 9.59 Å². The molecule has 0 bridgehead atoms. The number of rotatable bonds is 6. The Balaban J connectivity index is 1.41. The van der Waals surface area contributed by atoms with Crippen LogP contribution in [-0.2, 0) is 19.7 Å². The van der Waals surface area contributed by atoms with Gasteiger partial charge >= 0.3 is 6.03 Å². The van der Waals surface area contributed by atoms with E-state index in [1.165, 1.54) is 6.07 Å². The van der Waals surface area contributed by atoms with Crippen LogP contribution in [0.4, 0.5) is 16.2 Å². The van der Waals surface area contributed by atoms with Crippen molar-refractivity contribution in [2.24, 2.45) is 0 Å². The number of benzene rings is 3. The van der Waals surface area contributed by atoms with Crippen molar-refractivity contribution in [1.82, 2.24) is 4.57 Å². The maximum atomic E-state index is 12.9. The molecule has 164 valence electrons. The van der Waals surface area contributed by atoms with Crippen LogP contribution in [0.15, 0.2) is 102 Å².